The van der Waals surface area contributed by atoms with Gasteiger partial charge in [-0.05, 0) is 6.42 Å². The number of hydrogen-bond donors (Lipinski definition) is 2. The predicted octanol–water partition coefficient (Wildman–Crippen LogP) is 1.87. The van der Waals surface area contributed by atoms with Crippen LogP contribution in [-0.2, 0) is 12.0 Å². The third-order valence-corrected chi connectivity index (χ3v) is 2.21. The van der Waals surface area contributed by atoms with Crippen LogP contribution in [0.4, 0.5) is 0 Å². The van der Waals surface area contributed by atoms with Gasteiger partial charge in [0, 0.05) is 18.2 Å². The number of aryl methyl sites for hydroxylation is 1. The predicted molar refractivity (Wildman–Crippen MR) is 62.2 cm³/mol. The summed E-state index contributed by atoms with van der Waals surface area (Å²) in [5.41, 5.74) is 7.15. The van der Waals surface area contributed by atoms with Gasteiger partial charge in [-0.2, -0.15) is 5.10 Å². The fraction of sp³-hybridized carbons (Fsp3) is 0.636. The van der Waals surface area contributed by atoms with Gasteiger partial charge in [0.15, 0.2) is 0 Å². The van der Waals surface area contributed by atoms with Gasteiger partial charge in [-0.15, -0.1) is 0 Å². The van der Waals surface area contributed by atoms with Crippen LogP contribution in [0.3, 0.4) is 0 Å². The molecule has 0 atom stereocenters. The molecule has 15 heavy (non-hydrogen) atoms. The fourth-order valence-corrected chi connectivity index (χ4v) is 1.52. The zero-order valence-corrected chi connectivity index (χ0v) is 9.96. The second-order valence-corrected chi connectivity index (χ2v) is 4.82. The third kappa shape index (κ3) is 2.58. The van der Waals surface area contributed by atoms with E-state index in [2.05, 4.69) is 32.8 Å². The van der Waals surface area contributed by atoms with Crippen LogP contribution >= 0.6 is 0 Å². The largest absolute Gasteiger partial charge is 0.384 e. The first kappa shape index (κ1) is 11.8. The summed E-state index contributed by atoms with van der Waals surface area (Å²) in [5.74, 6) is 0.0993. The molecule has 0 spiro atoms. The van der Waals surface area contributed by atoms with Crippen molar-refractivity contribution in [3.05, 3.63) is 17.5 Å². The van der Waals surface area contributed by atoms with E-state index >= 15 is 0 Å². The Balaban J connectivity index is 3.18. The van der Waals surface area contributed by atoms with Crippen LogP contribution in [0, 0.1) is 5.41 Å². The van der Waals surface area contributed by atoms with Gasteiger partial charge in [0.1, 0.15) is 5.84 Å². The van der Waals surface area contributed by atoms with Crippen molar-refractivity contribution in [2.75, 3.05) is 0 Å². The molecule has 1 aromatic heterocycles. The van der Waals surface area contributed by atoms with Crippen LogP contribution < -0.4 is 5.73 Å². The van der Waals surface area contributed by atoms with E-state index in [-0.39, 0.29) is 11.3 Å². The Bertz CT molecular complexity index is 357. The molecule has 1 heterocycles. The molecule has 0 aromatic carbocycles. The summed E-state index contributed by atoms with van der Waals surface area (Å²) < 4.78 is 1.87. The Morgan fingerprint density at radius 2 is 2.13 bits per heavy atom. The van der Waals surface area contributed by atoms with Crippen molar-refractivity contribution in [3.63, 3.8) is 0 Å². The van der Waals surface area contributed by atoms with Crippen LogP contribution in [-0.4, -0.2) is 15.6 Å². The minimum atomic E-state index is -0.0694. The Kier molecular flexibility index (Phi) is 3.17. The molecule has 0 aliphatic rings. The molecule has 0 aliphatic heterocycles. The molecule has 0 amide bonds. The maximum absolute atomic E-state index is 7.53. The first-order chi connectivity index (χ1) is 6.86. The SMILES string of the molecule is CCCn1cc(C(=N)N)c(C(C)(C)C)n1. The number of hydrogen-bond acceptors (Lipinski definition) is 2. The number of rotatable bonds is 3. The van der Waals surface area contributed by atoms with Crippen molar-refractivity contribution in [1.82, 2.24) is 9.78 Å². The van der Waals surface area contributed by atoms with Crippen LogP contribution in [0.5, 0.6) is 0 Å². The first-order valence-electron chi connectivity index (χ1n) is 5.28. The molecule has 0 unspecified atom stereocenters. The molecule has 0 saturated heterocycles. The molecule has 1 rings (SSSR count). The van der Waals surface area contributed by atoms with Gasteiger partial charge in [-0.3, -0.25) is 10.1 Å². The van der Waals surface area contributed by atoms with E-state index in [0.717, 1.165) is 24.2 Å². The summed E-state index contributed by atoms with van der Waals surface area (Å²) in [5, 5.41) is 12.0. The minimum Gasteiger partial charge on any atom is -0.384 e. The van der Waals surface area contributed by atoms with Gasteiger partial charge in [0.05, 0.1) is 11.3 Å². The standard InChI is InChI=1S/C11H20N4/c1-5-6-15-7-8(10(12)13)9(14-15)11(2,3)4/h7H,5-6H2,1-4H3,(H3,12,13). The van der Waals surface area contributed by atoms with Crippen LogP contribution in [0.1, 0.15) is 45.4 Å². The summed E-state index contributed by atoms with van der Waals surface area (Å²) >= 11 is 0. The summed E-state index contributed by atoms with van der Waals surface area (Å²) in [6, 6.07) is 0. The van der Waals surface area contributed by atoms with Gasteiger partial charge >= 0.3 is 0 Å². The summed E-state index contributed by atoms with van der Waals surface area (Å²) in [6.07, 6.45) is 2.90. The lowest BCUT2D eigenvalue weighted by atomic mass is 9.89. The number of nitrogens with one attached hydrogen (secondary N) is 1. The lowest BCUT2D eigenvalue weighted by molar-refractivity contribution is 0.528. The highest BCUT2D eigenvalue weighted by Crippen LogP contribution is 2.23. The number of nitrogens with zero attached hydrogens (tertiary/aromatic N) is 2. The quantitative estimate of drug-likeness (QED) is 0.588. The molecule has 4 nitrogen and oxygen atoms in total. The van der Waals surface area contributed by atoms with Crippen molar-refractivity contribution >= 4 is 5.84 Å². The summed E-state index contributed by atoms with van der Waals surface area (Å²) in [6.45, 7) is 9.22. The monoisotopic (exact) mass is 208 g/mol. The first-order valence-corrected chi connectivity index (χ1v) is 5.28. The fourth-order valence-electron chi connectivity index (χ4n) is 1.52. The summed E-state index contributed by atoms with van der Waals surface area (Å²) in [4.78, 5) is 0. The van der Waals surface area contributed by atoms with Gasteiger partial charge in [-0.25, -0.2) is 0 Å². The summed E-state index contributed by atoms with van der Waals surface area (Å²) in [7, 11) is 0. The zero-order valence-electron chi connectivity index (χ0n) is 9.96. The molecule has 1 aromatic rings. The Hall–Kier alpha value is -1.32. The van der Waals surface area contributed by atoms with E-state index in [1.807, 2.05) is 10.9 Å². The molecule has 0 bridgehead atoms. The van der Waals surface area contributed by atoms with Gasteiger partial charge in [0.25, 0.3) is 0 Å². The number of aromatic nitrogens is 2. The van der Waals surface area contributed by atoms with E-state index in [0.29, 0.717) is 0 Å². The molecule has 0 fully saturated rings. The average Bonchev–Trinajstić information content (AvgIpc) is 2.48. The van der Waals surface area contributed by atoms with Crippen molar-refractivity contribution in [3.8, 4) is 0 Å². The molecule has 4 heteroatoms. The maximum Gasteiger partial charge on any atom is 0.126 e. The van der Waals surface area contributed by atoms with Crippen molar-refractivity contribution in [2.45, 2.75) is 46.1 Å². The topological polar surface area (TPSA) is 67.7 Å². The highest BCUT2D eigenvalue weighted by atomic mass is 15.3. The molecule has 0 saturated carbocycles. The minimum absolute atomic E-state index is 0.0694. The normalized spacial score (nSPS) is 11.7. The van der Waals surface area contributed by atoms with Crippen molar-refractivity contribution in [2.24, 2.45) is 5.73 Å². The highest BCUT2D eigenvalue weighted by molar-refractivity contribution is 5.96. The lowest BCUT2D eigenvalue weighted by Crippen LogP contribution is -2.20. The molecular formula is C11H20N4. The molecular weight excluding hydrogens is 188 g/mol. The maximum atomic E-state index is 7.53. The smallest absolute Gasteiger partial charge is 0.126 e. The van der Waals surface area contributed by atoms with E-state index in [4.69, 9.17) is 11.1 Å². The van der Waals surface area contributed by atoms with E-state index < -0.39 is 0 Å². The molecule has 0 radical (unpaired) electrons. The Morgan fingerprint density at radius 1 is 1.53 bits per heavy atom. The van der Waals surface area contributed by atoms with Crippen molar-refractivity contribution in [1.29, 1.82) is 5.41 Å². The van der Waals surface area contributed by atoms with Crippen LogP contribution in [0.2, 0.25) is 0 Å². The average molecular weight is 208 g/mol. The third-order valence-electron chi connectivity index (χ3n) is 2.21. The van der Waals surface area contributed by atoms with Crippen molar-refractivity contribution < 1.29 is 0 Å². The van der Waals surface area contributed by atoms with Gasteiger partial charge in [0.2, 0.25) is 0 Å². The number of nitrogens with two attached hydrogens (primary N) is 1. The molecule has 0 aliphatic carbocycles. The van der Waals surface area contributed by atoms with E-state index in [9.17, 15) is 0 Å². The van der Waals surface area contributed by atoms with Crippen LogP contribution in [0.15, 0.2) is 6.20 Å². The number of nitrogen functional groups attached to an aromatic ring is 1. The number of amidine groups is 1. The Labute approximate surface area is 91.0 Å². The van der Waals surface area contributed by atoms with Gasteiger partial charge in [-0.1, -0.05) is 27.7 Å². The second-order valence-electron chi connectivity index (χ2n) is 4.82. The zero-order chi connectivity index (χ0) is 11.6. The van der Waals surface area contributed by atoms with E-state index in [1.54, 1.807) is 0 Å². The molecule has 84 valence electrons. The Morgan fingerprint density at radius 3 is 2.47 bits per heavy atom. The van der Waals surface area contributed by atoms with Crippen LogP contribution in [0.25, 0.3) is 0 Å². The highest BCUT2D eigenvalue weighted by Gasteiger charge is 2.23. The van der Waals surface area contributed by atoms with E-state index in [1.165, 1.54) is 0 Å². The van der Waals surface area contributed by atoms with Gasteiger partial charge < -0.3 is 5.73 Å². The molecule has 3 N–H and O–H groups in total. The lowest BCUT2D eigenvalue weighted by Gasteiger charge is -2.16. The second kappa shape index (κ2) is 4.04.